The van der Waals surface area contributed by atoms with Crippen molar-refractivity contribution in [2.45, 2.75) is 19.7 Å². The van der Waals surface area contributed by atoms with Gasteiger partial charge in [-0.1, -0.05) is 41.9 Å². The number of carbonyl (C=O) groups is 2. The van der Waals surface area contributed by atoms with Crippen molar-refractivity contribution in [3.63, 3.8) is 0 Å². The molecular formula is C21H20ClN5O3. The third-order valence-electron chi connectivity index (χ3n) is 4.53. The number of rotatable bonds is 5. The Morgan fingerprint density at radius 1 is 1.13 bits per heavy atom. The molecule has 0 bridgehead atoms. The lowest BCUT2D eigenvalue weighted by Gasteiger charge is -2.13. The lowest BCUT2D eigenvalue weighted by atomic mass is 10.2. The van der Waals surface area contributed by atoms with E-state index >= 15 is 0 Å². The van der Waals surface area contributed by atoms with Gasteiger partial charge in [0.2, 0.25) is 0 Å². The molecule has 0 saturated heterocycles. The summed E-state index contributed by atoms with van der Waals surface area (Å²) in [4.78, 5) is 24.7. The molecule has 0 fully saturated rings. The van der Waals surface area contributed by atoms with E-state index in [1.54, 1.807) is 6.07 Å². The Kier molecular flexibility index (Phi) is 5.97. The number of benzene rings is 2. The van der Waals surface area contributed by atoms with E-state index in [9.17, 15) is 9.59 Å². The van der Waals surface area contributed by atoms with Crippen molar-refractivity contribution in [1.29, 1.82) is 0 Å². The molecule has 8 nitrogen and oxygen atoms in total. The zero-order valence-corrected chi connectivity index (χ0v) is 16.8. The molecule has 2 amide bonds. The van der Waals surface area contributed by atoms with Gasteiger partial charge in [-0.15, -0.1) is 0 Å². The average Bonchev–Trinajstić information content (AvgIpc) is 3.15. The maximum Gasteiger partial charge on any atom is 0.411 e. The molecule has 1 aliphatic heterocycles. The number of anilines is 2. The number of aromatic nitrogens is 2. The van der Waals surface area contributed by atoms with Crippen molar-refractivity contribution in [1.82, 2.24) is 15.1 Å². The first-order chi connectivity index (χ1) is 14.6. The fraction of sp³-hybridized carbons (Fsp3) is 0.190. The topological polar surface area (TPSA) is 97.3 Å². The summed E-state index contributed by atoms with van der Waals surface area (Å²) in [6.07, 6.45) is -0.637. The van der Waals surface area contributed by atoms with Gasteiger partial charge in [-0.3, -0.25) is 14.8 Å². The lowest BCUT2D eigenvalue weighted by Crippen LogP contribution is -2.28. The minimum Gasteiger partial charge on any atom is -0.444 e. The highest BCUT2D eigenvalue weighted by atomic mass is 35.5. The molecule has 0 radical (unpaired) electrons. The summed E-state index contributed by atoms with van der Waals surface area (Å²) in [6, 6.07) is 15.8. The molecular weight excluding hydrogens is 406 g/mol. The number of hydrogen-bond acceptors (Lipinski definition) is 5. The van der Waals surface area contributed by atoms with Gasteiger partial charge in [0.1, 0.15) is 6.61 Å². The van der Waals surface area contributed by atoms with Crippen LogP contribution in [0.2, 0.25) is 5.02 Å². The molecule has 2 heterocycles. The van der Waals surface area contributed by atoms with Gasteiger partial charge in [0.25, 0.3) is 5.91 Å². The van der Waals surface area contributed by atoms with Crippen LogP contribution in [0.25, 0.3) is 0 Å². The Balaban J connectivity index is 1.40. The van der Waals surface area contributed by atoms with Crippen LogP contribution in [-0.4, -0.2) is 28.3 Å². The van der Waals surface area contributed by atoms with Gasteiger partial charge in [0.05, 0.1) is 12.2 Å². The summed E-state index contributed by atoms with van der Waals surface area (Å²) in [7, 11) is 0. The van der Waals surface area contributed by atoms with Crippen molar-refractivity contribution in [3.05, 3.63) is 76.4 Å². The monoisotopic (exact) mass is 425 g/mol. The standard InChI is InChI=1S/C21H20ClN5O3/c22-16-8-15(20(28)25-19-11-18-12-23-6-7-27(18)26-19)9-17(10-16)24-21(29)30-13-14-4-2-1-3-5-14/h1-5,8-11,23H,6-7,12-13H2,(H,24,29)(H,25,26,28). The zero-order valence-electron chi connectivity index (χ0n) is 16.0. The van der Waals surface area contributed by atoms with Crippen LogP contribution in [0.1, 0.15) is 21.6 Å². The van der Waals surface area contributed by atoms with Crippen LogP contribution < -0.4 is 16.0 Å². The molecule has 0 spiro atoms. The van der Waals surface area contributed by atoms with Gasteiger partial charge >= 0.3 is 6.09 Å². The van der Waals surface area contributed by atoms with E-state index in [-0.39, 0.29) is 12.5 Å². The van der Waals surface area contributed by atoms with E-state index in [4.69, 9.17) is 16.3 Å². The number of nitrogens with one attached hydrogen (secondary N) is 3. The van der Waals surface area contributed by atoms with E-state index in [0.29, 0.717) is 28.6 Å². The van der Waals surface area contributed by atoms with Crippen LogP contribution in [0.15, 0.2) is 54.6 Å². The van der Waals surface area contributed by atoms with Gasteiger partial charge in [-0.2, -0.15) is 5.10 Å². The first-order valence-corrected chi connectivity index (χ1v) is 9.82. The number of ether oxygens (including phenoxy) is 1. The summed E-state index contributed by atoms with van der Waals surface area (Å²) in [5.41, 5.74) is 2.53. The highest BCUT2D eigenvalue weighted by Crippen LogP contribution is 2.21. The number of hydrogen-bond donors (Lipinski definition) is 3. The number of fused-ring (bicyclic) bond motifs is 1. The first kappa shape index (κ1) is 19.9. The van der Waals surface area contributed by atoms with E-state index in [2.05, 4.69) is 21.0 Å². The minimum atomic E-state index is -0.637. The maximum absolute atomic E-state index is 12.6. The van der Waals surface area contributed by atoms with Gasteiger partial charge in [0, 0.05) is 35.4 Å². The summed E-state index contributed by atoms with van der Waals surface area (Å²) in [5, 5.41) is 13.3. The smallest absolute Gasteiger partial charge is 0.411 e. The predicted molar refractivity (Wildman–Crippen MR) is 114 cm³/mol. The molecule has 9 heteroatoms. The maximum atomic E-state index is 12.6. The summed E-state index contributed by atoms with van der Waals surface area (Å²) in [6.45, 7) is 2.44. The predicted octanol–water partition coefficient (Wildman–Crippen LogP) is 3.64. The Hall–Kier alpha value is -3.36. The molecule has 2 aromatic carbocycles. The van der Waals surface area contributed by atoms with E-state index in [0.717, 1.165) is 24.3 Å². The SMILES string of the molecule is O=C(Nc1cc(Cl)cc(C(=O)Nc2cc3n(n2)CCNC3)c1)OCc1ccccc1. The second kappa shape index (κ2) is 8.98. The third kappa shape index (κ3) is 4.97. The Morgan fingerprint density at radius 3 is 2.77 bits per heavy atom. The molecule has 1 aromatic heterocycles. The van der Waals surface area contributed by atoms with Gasteiger partial charge in [-0.25, -0.2) is 4.79 Å². The quantitative estimate of drug-likeness (QED) is 0.579. The van der Waals surface area contributed by atoms with Crippen LogP contribution in [-0.2, 0) is 24.4 Å². The second-order valence-electron chi connectivity index (χ2n) is 6.79. The fourth-order valence-corrected chi connectivity index (χ4v) is 3.35. The summed E-state index contributed by atoms with van der Waals surface area (Å²) >= 11 is 6.14. The number of amides is 2. The highest BCUT2D eigenvalue weighted by Gasteiger charge is 2.15. The minimum absolute atomic E-state index is 0.139. The van der Waals surface area contributed by atoms with Gasteiger partial charge in [-0.05, 0) is 23.8 Å². The zero-order chi connectivity index (χ0) is 20.9. The number of halogens is 1. The van der Waals surface area contributed by atoms with Crippen LogP contribution in [0.5, 0.6) is 0 Å². The van der Waals surface area contributed by atoms with Crippen LogP contribution in [0.4, 0.5) is 16.3 Å². The van der Waals surface area contributed by atoms with Gasteiger partial charge < -0.3 is 15.4 Å². The van der Waals surface area contributed by atoms with E-state index < -0.39 is 6.09 Å². The van der Waals surface area contributed by atoms with Crippen molar-refractivity contribution in [2.75, 3.05) is 17.2 Å². The highest BCUT2D eigenvalue weighted by molar-refractivity contribution is 6.31. The lowest BCUT2D eigenvalue weighted by molar-refractivity contribution is 0.102. The fourth-order valence-electron chi connectivity index (χ4n) is 3.11. The number of carbonyl (C=O) groups excluding carboxylic acids is 2. The van der Waals surface area contributed by atoms with Crippen molar-refractivity contribution in [3.8, 4) is 0 Å². The van der Waals surface area contributed by atoms with Crippen molar-refractivity contribution < 1.29 is 14.3 Å². The van der Waals surface area contributed by atoms with Crippen LogP contribution in [0, 0.1) is 0 Å². The first-order valence-electron chi connectivity index (χ1n) is 9.44. The molecule has 154 valence electrons. The molecule has 3 N–H and O–H groups in total. The van der Waals surface area contributed by atoms with Crippen LogP contribution >= 0.6 is 11.6 Å². The molecule has 4 rings (SSSR count). The molecule has 0 saturated carbocycles. The molecule has 1 aliphatic rings. The molecule has 3 aromatic rings. The van der Waals surface area contributed by atoms with E-state index in [1.807, 2.05) is 41.1 Å². The van der Waals surface area contributed by atoms with Crippen molar-refractivity contribution >= 4 is 35.1 Å². The van der Waals surface area contributed by atoms with Gasteiger partial charge in [0.15, 0.2) is 5.82 Å². The Morgan fingerprint density at radius 2 is 1.97 bits per heavy atom. The molecule has 30 heavy (non-hydrogen) atoms. The second-order valence-corrected chi connectivity index (χ2v) is 7.23. The molecule has 0 aliphatic carbocycles. The largest absolute Gasteiger partial charge is 0.444 e. The Labute approximate surface area is 178 Å². The van der Waals surface area contributed by atoms with E-state index in [1.165, 1.54) is 12.1 Å². The number of nitrogens with zero attached hydrogens (tertiary/aromatic N) is 2. The molecule has 0 atom stereocenters. The third-order valence-corrected chi connectivity index (χ3v) is 4.75. The van der Waals surface area contributed by atoms with Crippen LogP contribution in [0.3, 0.4) is 0 Å². The summed E-state index contributed by atoms with van der Waals surface area (Å²) in [5.74, 6) is 0.0945. The normalized spacial score (nSPS) is 12.7. The molecule has 0 unspecified atom stereocenters. The van der Waals surface area contributed by atoms with Crippen molar-refractivity contribution in [2.24, 2.45) is 0 Å². The summed E-state index contributed by atoms with van der Waals surface area (Å²) < 4.78 is 7.06. The average molecular weight is 426 g/mol. The Bertz CT molecular complexity index is 1040.